The molecule has 3 heterocycles. The number of nitrogens with one attached hydrogen (secondary N) is 1. The molecule has 2 aromatic heterocycles. The molecule has 0 atom stereocenters. The lowest BCUT2D eigenvalue weighted by Crippen LogP contribution is -2.37. The molecule has 0 bridgehead atoms. The predicted molar refractivity (Wildman–Crippen MR) is 147 cm³/mol. The minimum Gasteiger partial charge on any atom is -0.297 e. The van der Waals surface area contributed by atoms with Gasteiger partial charge in [-0.2, -0.15) is 24.4 Å². The number of thiol groups is 1. The Balaban J connectivity index is 0.00000199. The van der Waals surface area contributed by atoms with Gasteiger partial charge in [-0.1, -0.05) is 0 Å². The van der Waals surface area contributed by atoms with Crippen LogP contribution in [0, 0.1) is 0 Å². The van der Waals surface area contributed by atoms with E-state index >= 15 is 0 Å². The molecule has 0 amide bonds. The van der Waals surface area contributed by atoms with Gasteiger partial charge < -0.3 is 0 Å². The van der Waals surface area contributed by atoms with Crippen molar-refractivity contribution in [2.45, 2.75) is 29.3 Å². The van der Waals surface area contributed by atoms with Gasteiger partial charge in [0.15, 0.2) is 0 Å². The minimum absolute atomic E-state index is 0.202. The molecule has 0 aliphatic carbocycles. The van der Waals surface area contributed by atoms with E-state index in [9.17, 15) is 18.0 Å². The number of nitrogens with zero attached hydrogens (tertiary/aromatic N) is 4. The van der Waals surface area contributed by atoms with Crippen molar-refractivity contribution in [1.82, 2.24) is 13.9 Å². The van der Waals surface area contributed by atoms with Gasteiger partial charge >= 0.3 is 5.69 Å². The third kappa shape index (κ3) is 6.60. The van der Waals surface area contributed by atoms with Crippen LogP contribution in [0.3, 0.4) is 0 Å². The average Bonchev–Trinajstić information content (AvgIpc) is 3.34. The Bertz CT molecular complexity index is 1270. The van der Waals surface area contributed by atoms with Crippen molar-refractivity contribution in [2.75, 3.05) is 32.6 Å². The molecule has 0 saturated carbocycles. The number of H-pyrrole nitrogens is 1. The maximum atomic E-state index is 13.0. The Morgan fingerprint density at radius 2 is 2.09 bits per heavy atom. The van der Waals surface area contributed by atoms with Gasteiger partial charge in [-0.15, -0.1) is 11.3 Å². The van der Waals surface area contributed by atoms with Crippen LogP contribution in [0.4, 0.5) is 0 Å². The second-order valence-corrected chi connectivity index (χ2v) is 11.5. The van der Waals surface area contributed by atoms with Crippen molar-refractivity contribution in [3.8, 4) is 0 Å². The Hall–Kier alpha value is -1.93. The van der Waals surface area contributed by atoms with Crippen molar-refractivity contribution < 1.29 is 8.42 Å². The van der Waals surface area contributed by atoms with Crippen LogP contribution in [0.1, 0.15) is 22.6 Å². The average molecular weight is 544 g/mol. The highest BCUT2D eigenvalue weighted by atomic mass is 32.2. The third-order valence-electron chi connectivity index (χ3n) is 5.05. The Morgan fingerprint density at radius 3 is 2.76 bits per heavy atom. The molecule has 9 nitrogen and oxygen atoms in total. The van der Waals surface area contributed by atoms with Crippen LogP contribution in [0.2, 0.25) is 0 Å². The first-order valence-corrected chi connectivity index (χ1v) is 14.6. The fourth-order valence-corrected chi connectivity index (χ4v) is 7.05. The molecule has 0 radical (unpaired) electrons. The molecule has 13 heteroatoms. The highest BCUT2D eigenvalue weighted by Gasteiger charge is 2.24. The van der Waals surface area contributed by atoms with Gasteiger partial charge in [0.1, 0.15) is 4.21 Å². The molecule has 0 aromatic carbocycles. The zero-order valence-corrected chi connectivity index (χ0v) is 22.7. The standard InChI is InChI=1S/C20H25N5O4S3.CH4S/c1-21-9-7-15(22-2)17-5-6-18(31-17)32(28,29)24(3)10-4-11-25-16-8-12-30-13-14(16)19(26)23-20(25)27;1-2/h5-7,9H,2,4,8,10-13H2,1,3H3,(H,23,26,27);2H,1H3/b15-7-,21-9?;. The summed E-state index contributed by atoms with van der Waals surface area (Å²) in [5, 5.41) is 0. The van der Waals surface area contributed by atoms with E-state index in [0.29, 0.717) is 41.3 Å². The number of hydrogen-bond donors (Lipinski definition) is 2. The van der Waals surface area contributed by atoms with Crippen molar-refractivity contribution in [2.24, 2.45) is 9.98 Å². The summed E-state index contributed by atoms with van der Waals surface area (Å²) >= 11 is 6.30. The second-order valence-electron chi connectivity index (χ2n) is 7.05. The van der Waals surface area contributed by atoms with Crippen LogP contribution >= 0.6 is 35.7 Å². The number of aliphatic imine (C=N–C) groups is 2. The number of thiophene rings is 1. The molecule has 186 valence electrons. The van der Waals surface area contributed by atoms with Crippen LogP contribution in [-0.4, -0.2) is 67.9 Å². The van der Waals surface area contributed by atoms with Crippen molar-refractivity contribution in [1.29, 1.82) is 0 Å². The molecule has 2 aromatic rings. The topological polar surface area (TPSA) is 117 Å². The Labute approximate surface area is 213 Å². The molecular formula is C21H29N5O4S4. The molecule has 1 aliphatic rings. The van der Waals surface area contributed by atoms with Crippen molar-refractivity contribution in [3.05, 3.63) is 55.2 Å². The maximum Gasteiger partial charge on any atom is 0.328 e. The van der Waals surface area contributed by atoms with Gasteiger partial charge in [-0.3, -0.25) is 24.3 Å². The second kappa shape index (κ2) is 13.2. The molecule has 0 saturated heterocycles. The van der Waals surface area contributed by atoms with Crippen LogP contribution in [0.15, 0.2) is 42.0 Å². The highest BCUT2D eigenvalue weighted by Crippen LogP contribution is 2.29. The number of sulfonamides is 1. The molecule has 1 N–H and O–H groups in total. The summed E-state index contributed by atoms with van der Waals surface area (Å²) in [7, 11) is -0.541. The number of hydrogen-bond acceptors (Lipinski definition) is 9. The SMILES string of the molecule is C=N/C(=C\C=NC)c1ccc(S(=O)(=O)N(C)CCCn2c3c(c(=O)[nH]c2=O)CSCC3)s1.CS. The van der Waals surface area contributed by atoms with Crippen molar-refractivity contribution >= 4 is 64.4 Å². The van der Waals surface area contributed by atoms with Crippen LogP contribution in [0.25, 0.3) is 5.70 Å². The summed E-state index contributed by atoms with van der Waals surface area (Å²) in [6.45, 7) is 4.09. The monoisotopic (exact) mass is 543 g/mol. The molecular weight excluding hydrogens is 515 g/mol. The van der Waals surface area contributed by atoms with Gasteiger partial charge in [0, 0.05) is 50.4 Å². The molecule has 0 unspecified atom stereocenters. The smallest absolute Gasteiger partial charge is 0.297 e. The Kier molecular flexibility index (Phi) is 11.0. The summed E-state index contributed by atoms with van der Waals surface area (Å²) < 4.78 is 29.0. The summed E-state index contributed by atoms with van der Waals surface area (Å²) in [6.07, 6.45) is 6.02. The number of rotatable bonds is 9. The first-order valence-electron chi connectivity index (χ1n) is 10.3. The first kappa shape index (κ1) is 28.3. The number of fused-ring (bicyclic) bond motifs is 1. The van der Waals surface area contributed by atoms with Crippen molar-refractivity contribution in [3.63, 3.8) is 0 Å². The van der Waals surface area contributed by atoms with Gasteiger partial charge in [0.2, 0.25) is 0 Å². The van der Waals surface area contributed by atoms with Crippen LogP contribution < -0.4 is 11.2 Å². The quantitative estimate of drug-likeness (QED) is 0.372. The number of aromatic amines is 1. The zero-order valence-electron chi connectivity index (χ0n) is 19.4. The molecule has 3 rings (SSSR count). The van der Waals surface area contributed by atoms with Gasteiger partial charge in [-0.05, 0) is 49.8 Å². The highest BCUT2D eigenvalue weighted by molar-refractivity contribution is 7.98. The lowest BCUT2D eigenvalue weighted by Gasteiger charge is -2.21. The number of allylic oxidation sites excluding steroid dienone is 1. The van der Waals surface area contributed by atoms with E-state index in [1.807, 2.05) is 0 Å². The summed E-state index contributed by atoms with van der Waals surface area (Å²) in [4.78, 5) is 35.2. The van der Waals surface area contributed by atoms with E-state index in [2.05, 4.69) is 34.3 Å². The third-order valence-corrected chi connectivity index (χ3v) is 9.47. The van der Waals surface area contributed by atoms with E-state index in [4.69, 9.17) is 0 Å². The molecule has 34 heavy (non-hydrogen) atoms. The van der Waals surface area contributed by atoms with Crippen LogP contribution in [0.5, 0.6) is 0 Å². The summed E-state index contributed by atoms with van der Waals surface area (Å²) in [6, 6.07) is 3.24. The Morgan fingerprint density at radius 1 is 1.35 bits per heavy atom. The normalized spacial score (nSPS) is 14.1. The predicted octanol–water partition coefficient (Wildman–Crippen LogP) is 2.39. The first-order chi connectivity index (χ1) is 16.3. The molecule has 0 fully saturated rings. The lowest BCUT2D eigenvalue weighted by atomic mass is 10.2. The molecule has 0 spiro atoms. The van der Waals surface area contributed by atoms with E-state index in [-0.39, 0.29) is 16.3 Å². The van der Waals surface area contributed by atoms with Gasteiger partial charge in [0.25, 0.3) is 15.6 Å². The van der Waals surface area contributed by atoms with E-state index in [1.165, 1.54) is 11.4 Å². The minimum atomic E-state index is -3.69. The van der Waals surface area contributed by atoms with E-state index in [0.717, 1.165) is 22.8 Å². The molecule has 1 aliphatic heterocycles. The fourth-order valence-electron chi connectivity index (χ4n) is 3.35. The summed E-state index contributed by atoms with van der Waals surface area (Å²) in [5.41, 5.74) is 1.18. The van der Waals surface area contributed by atoms with E-state index in [1.54, 1.807) is 54.1 Å². The fraction of sp³-hybridized carbons (Fsp3) is 0.429. The lowest BCUT2D eigenvalue weighted by molar-refractivity contribution is 0.440. The van der Waals surface area contributed by atoms with E-state index < -0.39 is 15.7 Å². The summed E-state index contributed by atoms with van der Waals surface area (Å²) in [5.74, 6) is 1.44. The largest absolute Gasteiger partial charge is 0.328 e. The maximum absolute atomic E-state index is 13.0. The van der Waals surface area contributed by atoms with Gasteiger partial charge in [-0.25, -0.2) is 17.5 Å². The zero-order chi connectivity index (χ0) is 25.3. The van der Waals surface area contributed by atoms with Gasteiger partial charge in [0.05, 0.1) is 10.6 Å². The number of aromatic nitrogens is 2. The van der Waals surface area contributed by atoms with Crippen LogP contribution in [-0.2, 0) is 28.7 Å². The number of thioether (sulfide) groups is 1.